The molecule has 3 N–H and O–H groups in total. The second-order valence-corrected chi connectivity index (χ2v) is 8.77. The van der Waals surface area contributed by atoms with Gasteiger partial charge in [-0.05, 0) is 63.3 Å². The fraction of sp³-hybridized carbons (Fsp3) is 0.588. The average Bonchev–Trinajstić information content (AvgIpc) is 2.87. The van der Waals surface area contributed by atoms with E-state index in [2.05, 4.69) is 15.4 Å². The summed E-state index contributed by atoms with van der Waals surface area (Å²) in [4.78, 5) is 12.5. The van der Waals surface area contributed by atoms with E-state index in [1.807, 2.05) is 0 Å². The van der Waals surface area contributed by atoms with Gasteiger partial charge >= 0.3 is 0 Å². The highest BCUT2D eigenvalue weighted by molar-refractivity contribution is 7.89. The molecule has 2 saturated heterocycles. The second-order valence-electron chi connectivity index (χ2n) is 6.92. The molecule has 3 rings (SSSR count). The molecule has 1 aromatic carbocycles. The van der Waals surface area contributed by atoms with Crippen molar-refractivity contribution in [3.8, 4) is 0 Å². The lowest BCUT2D eigenvalue weighted by Gasteiger charge is -2.28. The maximum absolute atomic E-state index is 12.3. The maximum Gasteiger partial charge on any atom is 0.240 e. The lowest BCUT2D eigenvalue weighted by molar-refractivity contribution is -0.117. The number of anilines is 1. The minimum Gasteiger partial charge on any atom is -0.326 e. The van der Waals surface area contributed by atoms with Gasteiger partial charge in [0.25, 0.3) is 0 Å². The van der Waals surface area contributed by atoms with Crippen LogP contribution in [0.5, 0.6) is 0 Å². The van der Waals surface area contributed by atoms with Gasteiger partial charge in [-0.3, -0.25) is 4.79 Å². The maximum atomic E-state index is 12.3. The van der Waals surface area contributed by atoms with Crippen molar-refractivity contribution in [2.75, 3.05) is 12.4 Å². The van der Waals surface area contributed by atoms with E-state index in [4.69, 9.17) is 0 Å². The van der Waals surface area contributed by atoms with Crippen LogP contribution in [-0.2, 0) is 14.8 Å². The molecular weight excluding hydrogens is 362 g/mol. The summed E-state index contributed by atoms with van der Waals surface area (Å²) in [6.07, 6.45) is 5.03. The van der Waals surface area contributed by atoms with Crippen LogP contribution in [0.3, 0.4) is 0 Å². The van der Waals surface area contributed by atoms with Gasteiger partial charge in [-0.1, -0.05) is 6.07 Å². The molecular formula is C17H26ClN3O3S. The molecule has 0 aromatic heterocycles. The molecule has 1 amide bonds. The lowest BCUT2D eigenvalue weighted by Crippen LogP contribution is -2.39. The monoisotopic (exact) mass is 387 g/mol. The van der Waals surface area contributed by atoms with Gasteiger partial charge in [0.05, 0.1) is 4.90 Å². The van der Waals surface area contributed by atoms with E-state index in [1.54, 1.807) is 19.1 Å². The SMILES string of the molecule is CNS(=O)(=O)c1cc(NC(=O)CC2CC3CCC(C2)N3)ccc1C.Cl. The molecule has 8 heteroatoms. The number of sulfonamides is 1. The van der Waals surface area contributed by atoms with Crippen LogP contribution < -0.4 is 15.4 Å². The first-order chi connectivity index (χ1) is 11.4. The van der Waals surface area contributed by atoms with Gasteiger partial charge in [0, 0.05) is 24.2 Å². The number of hydrogen-bond acceptors (Lipinski definition) is 4. The molecule has 25 heavy (non-hydrogen) atoms. The molecule has 140 valence electrons. The highest BCUT2D eigenvalue weighted by Crippen LogP contribution is 2.33. The van der Waals surface area contributed by atoms with E-state index >= 15 is 0 Å². The van der Waals surface area contributed by atoms with Crippen molar-refractivity contribution in [3.05, 3.63) is 23.8 Å². The number of benzene rings is 1. The number of nitrogens with one attached hydrogen (secondary N) is 3. The minimum atomic E-state index is -3.53. The number of hydrogen-bond donors (Lipinski definition) is 3. The summed E-state index contributed by atoms with van der Waals surface area (Å²) in [5.41, 5.74) is 1.17. The van der Waals surface area contributed by atoms with Crippen molar-refractivity contribution in [1.82, 2.24) is 10.0 Å². The van der Waals surface area contributed by atoms with Crippen LogP contribution in [-0.4, -0.2) is 33.5 Å². The Morgan fingerprint density at radius 1 is 1.24 bits per heavy atom. The predicted molar refractivity (Wildman–Crippen MR) is 101 cm³/mol. The standard InChI is InChI=1S/C17H25N3O3S.ClH/c1-11-3-4-15(10-16(11)24(22,23)18-2)20-17(21)9-12-7-13-5-6-14(8-12)19-13;/h3-4,10,12-14,18-19H,5-9H2,1-2H3,(H,20,21);1H. The summed E-state index contributed by atoms with van der Waals surface area (Å²) >= 11 is 0. The summed E-state index contributed by atoms with van der Waals surface area (Å²) in [6.45, 7) is 1.74. The highest BCUT2D eigenvalue weighted by Gasteiger charge is 2.34. The molecule has 0 saturated carbocycles. The van der Waals surface area contributed by atoms with Gasteiger partial charge in [0.15, 0.2) is 0 Å². The fourth-order valence-corrected chi connectivity index (χ4v) is 4.89. The van der Waals surface area contributed by atoms with E-state index in [9.17, 15) is 13.2 Å². The molecule has 2 fully saturated rings. The predicted octanol–water partition coefficient (Wildman–Crippen LogP) is 2.18. The van der Waals surface area contributed by atoms with Crippen LogP contribution >= 0.6 is 12.4 Å². The zero-order valence-corrected chi connectivity index (χ0v) is 16.2. The molecule has 0 spiro atoms. The van der Waals surface area contributed by atoms with E-state index < -0.39 is 10.0 Å². The number of piperidine rings is 1. The van der Waals surface area contributed by atoms with Crippen molar-refractivity contribution in [3.63, 3.8) is 0 Å². The smallest absolute Gasteiger partial charge is 0.240 e. The van der Waals surface area contributed by atoms with Gasteiger partial charge in [-0.15, -0.1) is 12.4 Å². The number of fused-ring (bicyclic) bond motifs is 2. The number of carbonyl (C=O) groups excluding carboxylic acids is 1. The largest absolute Gasteiger partial charge is 0.326 e. The Hall–Kier alpha value is -1.15. The molecule has 2 aliphatic rings. The third-order valence-corrected chi connectivity index (χ3v) is 6.63. The Morgan fingerprint density at radius 2 is 1.88 bits per heavy atom. The van der Waals surface area contributed by atoms with E-state index in [-0.39, 0.29) is 23.2 Å². The quantitative estimate of drug-likeness (QED) is 0.722. The molecule has 2 bridgehead atoms. The van der Waals surface area contributed by atoms with Crippen molar-refractivity contribution < 1.29 is 13.2 Å². The summed E-state index contributed by atoms with van der Waals surface area (Å²) in [5, 5.41) is 6.43. The highest BCUT2D eigenvalue weighted by atomic mass is 35.5. The summed E-state index contributed by atoms with van der Waals surface area (Å²) in [5.74, 6) is 0.368. The molecule has 0 aliphatic carbocycles. The Bertz CT molecular complexity index is 727. The third kappa shape index (κ3) is 4.73. The minimum absolute atomic E-state index is 0. The van der Waals surface area contributed by atoms with E-state index in [0.29, 0.717) is 35.7 Å². The number of rotatable bonds is 5. The van der Waals surface area contributed by atoms with Crippen LogP contribution in [0.2, 0.25) is 0 Å². The van der Waals surface area contributed by atoms with Crippen molar-refractivity contribution in [2.45, 2.75) is 56.0 Å². The Kier molecular flexibility index (Phi) is 6.48. The first-order valence-electron chi connectivity index (χ1n) is 8.47. The normalized spacial score (nSPS) is 25.3. The molecule has 1 aromatic rings. The van der Waals surface area contributed by atoms with Crippen LogP contribution in [0.15, 0.2) is 23.1 Å². The lowest BCUT2D eigenvalue weighted by atomic mass is 9.89. The molecule has 2 atom stereocenters. The van der Waals surface area contributed by atoms with Crippen molar-refractivity contribution >= 4 is 34.0 Å². The molecule has 2 heterocycles. The van der Waals surface area contributed by atoms with E-state index in [1.165, 1.54) is 26.0 Å². The number of aryl methyl sites for hydroxylation is 1. The number of halogens is 1. The van der Waals surface area contributed by atoms with Gasteiger partial charge in [-0.2, -0.15) is 0 Å². The van der Waals surface area contributed by atoms with Crippen LogP contribution in [0.1, 0.15) is 37.7 Å². The van der Waals surface area contributed by atoms with Crippen molar-refractivity contribution in [2.24, 2.45) is 5.92 Å². The fourth-order valence-electron chi connectivity index (χ4n) is 3.89. The average molecular weight is 388 g/mol. The molecule has 2 aliphatic heterocycles. The Labute approximate surface area is 155 Å². The number of carbonyl (C=O) groups is 1. The molecule has 6 nitrogen and oxygen atoms in total. The van der Waals surface area contributed by atoms with Crippen LogP contribution in [0, 0.1) is 12.8 Å². The van der Waals surface area contributed by atoms with Crippen LogP contribution in [0.4, 0.5) is 5.69 Å². The molecule has 2 unspecified atom stereocenters. The van der Waals surface area contributed by atoms with Gasteiger partial charge in [0.1, 0.15) is 0 Å². The topological polar surface area (TPSA) is 87.3 Å². The second kappa shape index (κ2) is 8.03. The van der Waals surface area contributed by atoms with Crippen LogP contribution in [0.25, 0.3) is 0 Å². The van der Waals surface area contributed by atoms with Gasteiger partial charge in [0.2, 0.25) is 15.9 Å². The van der Waals surface area contributed by atoms with Gasteiger partial charge in [-0.25, -0.2) is 13.1 Å². The summed E-state index contributed by atoms with van der Waals surface area (Å²) in [6, 6.07) is 6.10. The van der Waals surface area contributed by atoms with Crippen molar-refractivity contribution in [1.29, 1.82) is 0 Å². The zero-order chi connectivity index (χ0) is 17.3. The zero-order valence-electron chi connectivity index (χ0n) is 14.5. The third-order valence-electron chi connectivity index (χ3n) is 5.07. The number of amides is 1. The first kappa shape index (κ1) is 20.2. The van der Waals surface area contributed by atoms with E-state index in [0.717, 1.165) is 12.8 Å². The van der Waals surface area contributed by atoms with Gasteiger partial charge < -0.3 is 10.6 Å². The Morgan fingerprint density at radius 3 is 2.48 bits per heavy atom. The first-order valence-corrected chi connectivity index (χ1v) is 9.96. The molecule has 0 radical (unpaired) electrons. The summed E-state index contributed by atoms with van der Waals surface area (Å²) < 4.78 is 26.4. The Balaban J connectivity index is 0.00000225. The summed E-state index contributed by atoms with van der Waals surface area (Å²) in [7, 11) is -2.15.